The summed E-state index contributed by atoms with van der Waals surface area (Å²) in [5.41, 5.74) is 4.66. The lowest BCUT2D eigenvalue weighted by atomic mass is 10.2. The van der Waals surface area contributed by atoms with Crippen molar-refractivity contribution in [3.63, 3.8) is 0 Å². The summed E-state index contributed by atoms with van der Waals surface area (Å²) in [5, 5.41) is 3.98. The predicted octanol–water partition coefficient (Wildman–Crippen LogP) is 3.86. The van der Waals surface area contributed by atoms with Crippen LogP contribution in [-0.4, -0.2) is 24.0 Å². The molecule has 0 aromatic heterocycles. The number of nitrogens with one attached hydrogen (secondary N) is 1. The zero-order chi connectivity index (χ0) is 17.2. The third-order valence-electron chi connectivity index (χ3n) is 3.00. The first-order valence-corrected chi connectivity index (χ1v) is 8.99. The van der Waals surface area contributed by atoms with Gasteiger partial charge in [0, 0.05) is 5.75 Å². The number of nitrogens with zero attached hydrogens (tertiary/aromatic N) is 1. The van der Waals surface area contributed by atoms with Crippen LogP contribution >= 0.6 is 11.8 Å². The molecule has 4 nitrogen and oxygen atoms in total. The molecule has 2 aromatic carbocycles. The molecule has 1 amide bonds. The molecule has 0 spiro atoms. The number of hydrogen-bond acceptors (Lipinski definition) is 4. The van der Waals surface area contributed by atoms with E-state index in [0.717, 1.165) is 17.1 Å². The molecule has 0 bridgehead atoms. The highest BCUT2D eigenvalue weighted by Gasteiger charge is 2.00. The van der Waals surface area contributed by atoms with Gasteiger partial charge < -0.3 is 4.74 Å². The predicted molar refractivity (Wildman–Crippen MR) is 101 cm³/mol. The van der Waals surface area contributed by atoms with E-state index in [1.165, 1.54) is 5.56 Å². The van der Waals surface area contributed by atoms with Gasteiger partial charge in [0.25, 0.3) is 0 Å². The van der Waals surface area contributed by atoms with Crippen LogP contribution in [0.25, 0.3) is 0 Å². The minimum absolute atomic E-state index is 0.105. The summed E-state index contributed by atoms with van der Waals surface area (Å²) in [6.07, 6.45) is 1.77. The number of hydrazone groups is 1. The molecule has 126 valence electrons. The van der Waals surface area contributed by atoms with Crippen LogP contribution in [0.5, 0.6) is 5.75 Å². The highest BCUT2D eigenvalue weighted by atomic mass is 32.2. The summed E-state index contributed by atoms with van der Waals surface area (Å²) in [5.74, 6) is 1.92. The zero-order valence-corrected chi connectivity index (χ0v) is 14.8. The van der Waals surface area contributed by atoms with Gasteiger partial charge in [0.15, 0.2) is 0 Å². The van der Waals surface area contributed by atoms with Crippen molar-refractivity contribution in [3.8, 4) is 5.75 Å². The molecule has 0 saturated heterocycles. The second kappa shape index (κ2) is 9.78. The van der Waals surface area contributed by atoms with Crippen molar-refractivity contribution in [2.75, 3.05) is 5.75 Å². The molecular weight excluding hydrogens is 320 g/mol. The maximum Gasteiger partial charge on any atom is 0.250 e. The monoisotopic (exact) mass is 342 g/mol. The minimum Gasteiger partial charge on any atom is -0.491 e. The van der Waals surface area contributed by atoms with E-state index in [9.17, 15) is 4.79 Å². The second-order valence-electron chi connectivity index (χ2n) is 5.51. The summed E-state index contributed by atoms with van der Waals surface area (Å²) in [6.45, 7) is 3.97. The Morgan fingerprint density at radius 3 is 2.54 bits per heavy atom. The zero-order valence-electron chi connectivity index (χ0n) is 13.9. The van der Waals surface area contributed by atoms with E-state index in [4.69, 9.17) is 4.74 Å². The summed E-state index contributed by atoms with van der Waals surface area (Å²) in [6, 6.07) is 17.7. The number of amides is 1. The van der Waals surface area contributed by atoms with Gasteiger partial charge in [-0.2, -0.15) is 5.10 Å². The summed E-state index contributed by atoms with van der Waals surface area (Å²) in [7, 11) is 0. The van der Waals surface area contributed by atoms with Crippen molar-refractivity contribution in [3.05, 3.63) is 65.7 Å². The van der Waals surface area contributed by atoms with Crippen molar-refractivity contribution in [2.45, 2.75) is 25.7 Å². The van der Waals surface area contributed by atoms with Gasteiger partial charge in [0.05, 0.1) is 18.1 Å². The maximum atomic E-state index is 11.7. The smallest absolute Gasteiger partial charge is 0.250 e. The quantitative estimate of drug-likeness (QED) is 0.585. The molecule has 0 aliphatic carbocycles. The fourth-order valence-corrected chi connectivity index (χ4v) is 2.73. The van der Waals surface area contributed by atoms with Crippen LogP contribution in [-0.2, 0) is 10.5 Å². The lowest BCUT2D eigenvalue weighted by Crippen LogP contribution is -2.19. The standard InChI is InChI=1S/C19H22N2O2S/c1-15(2)23-18-10-8-16(9-11-18)12-20-21-19(22)14-24-13-17-6-4-3-5-7-17/h3-12,15H,13-14H2,1-2H3,(H,21,22)/b20-12-. The highest BCUT2D eigenvalue weighted by Crippen LogP contribution is 2.13. The molecule has 2 rings (SSSR count). The van der Waals surface area contributed by atoms with Crippen LogP contribution in [0.3, 0.4) is 0 Å². The Balaban J connectivity index is 1.70. The minimum atomic E-state index is -0.105. The van der Waals surface area contributed by atoms with E-state index in [1.54, 1.807) is 18.0 Å². The van der Waals surface area contributed by atoms with Crippen molar-refractivity contribution in [1.29, 1.82) is 0 Å². The van der Waals surface area contributed by atoms with Gasteiger partial charge in [-0.1, -0.05) is 30.3 Å². The Morgan fingerprint density at radius 1 is 1.17 bits per heavy atom. The number of thioether (sulfide) groups is 1. The summed E-state index contributed by atoms with van der Waals surface area (Å²) >= 11 is 1.57. The first-order chi connectivity index (χ1) is 11.6. The topological polar surface area (TPSA) is 50.7 Å². The molecule has 0 atom stereocenters. The fourth-order valence-electron chi connectivity index (χ4n) is 1.95. The van der Waals surface area contributed by atoms with Crippen LogP contribution < -0.4 is 10.2 Å². The van der Waals surface area contributed by atoms with Gasteiger partial charge in [0.2, 0.25) is 5.91 Å². The molecule has 0 unspecified atom stereocenters. The van der Waals surface area contributed by atoms with Gasteiger partial charge in [0.1, 0.15) is 5.75 Å². The van der Waals surface area contributed by atoms with Crippen LogP contribution in [0.1, 0.15) is 25.0 Å². The Morgan fingerprint density at radius 2 is 1.88 bits per heavy atom. The van der Waals surface area contributed by atoms with E-state index in [0.29, 0.717) is 5.75 Å². The maximum absolute atomic E-state index is 11.7. The largest absolute Gasteiger partial charge is 0.491 e. The molecule has 0 saturated carbocycles. The van der Waals surface area contributed by atoms with E-state index >= 15 is 0 Å². The molecular formula is C19H22N2O2S. The highest BCUT2D eigenvalue weighted by molar-refractivity contribution is 7.99. The van der Waals surface area contributed by atoms with Crippen molar-refractivity contribution >= 4 is 23.9 Å². The average Bonchev–Trinajstić information content (AvgIpc) is 2.57. The van der Waals surface area contributed by atoms with Gasteiger partial charge >= 0.3 is 0 Å². The summed E-state index contributed by atoms with van der Waals surface area (Å²) < 4.78 is 5.58. The Labute approximate surface area is 147 Å². The van der Waals surface area contributed by atoms with Crippen LogP contribution in [0.2, 0.25) is 0 Å². The van der Waals surface area contributed by atoms with Gasteiger partial charge in [-0.15, -0.1) is 11.8 Å². The van der Waals surface area contributed by atoms with Crippen LogP contribution in [0, 0.1) is 0 Å². The van der Waals surface area contributed by atoms with Gasteiger partial charge in [-0.25, -0.2) is 5.43 Å². The number of carbonyl (C=O) groups is 1. The van der Waals surface area contributed by atoms with Crippen LogP contribution in [0.4, 0.5) is 0 Å². The van der Waals surface area contributed by atoms with E-state index < -0.39 is 0 Å². The SMILES string of the molecule is CC(C)Oc1ccc(/C=N\NC(=O)CSCc2ccccc2)cc1. The fraction of sp³-hybridized carbons (Fsp3) is 0.263. The third kappa shape index (κ3) is 6.87. The normalized spacial score (nSPS) is 11.0. The number of rotatable bonds is 8. The lowest BCUT2D eigenvalue weighted by molar-refractivity contribution is -0.118. The molecule has 2 aromatic rings. The molecule has 0 radical (unpaired) electrons. The van der Waals surface area contributed by atoms with Crippen molar-refractivity contribution in [1.82, 2.24) is 5.43 Å². The first kappa shape index (κ1) is 18.1. The number of ether oxygens (including phenoxy) is 1. The van der Waals surface area contributed by atoms with E-state index in [1.807, 2.05) is 56.3 Å². The molecule has 0 aliphatic rings. The molecule has 1 N–H and O–H groups in total. The lowest BCUT2D eigenvalue weighted by Gasteiger charge is -2.09. The number of carbonyl (C=O) groups excluding carboxylic acids is 1. The average molecular weight is 342 g/mol. The molecule has 24 heavy (non-hydrogen) atoms. The van der Waals surface area contributed by atoms with Crippen molar-refractivity contribution < 1.29 is 9.53 Å². The van der Waals surface area contributed by atoms with Crippen molar-refractivity contribution in [2.24, 2.45) is 5.10 Å². The molecule has 0 fully saturated rings. The van der Waals surface area contributed by atoms with E-state index in [2.05, 4.69) is 22.7 Å². The number of benzene rings is 2. The van der Waals surface area contributed by atoms with Gasteiger partial charge in [-0.05, 0) is 49.2 Å². The number of hydrogen-bond donors (Lipinski definition) is 1. The summed E-state index contributed by atoms with van der Waals surface area (Å²) in [4.78, 5) is 11.7. The van der Waals surface area contributed by atoms with E-state index in [-0.39, 0.29) is 12.0 Å². The van der Waals surface area contributed by atoms with Gasteiger partial charge in [-0.3, -0.25) is 4.79 Å². The van der Waals surface area contributed by atoms with Crippen LogP contribution in [0.15, 0.2) is 59.7 Å². The Kier molecular flexibility index (Phi) is 7.36. The molecule has 0 aliphatic heterocycles. The Hall–Kier alpha value is -2.27. The molecule has 5 heteroatoms. The third-order valence-corrected chi connectivity index (χ3v) is 4.00. The first-order valence-electron chi connectivity index (χ1n) is 7.84. The molecule has 0 heterocycles. The second-order valence-corrected chi connectivity index (χ2v) is 6.49. The Bertz CT molecular complexity index is 655.